The van der Waals surface area contributed by atoms with Gasteiger partial charge in [-0.2, -0.15) is 0 Å². The van der Waals surface area contributed by atoms with E-state index in [4.69, 9.17) is 10.8 Å². The summed E-state index contributed by atoms with van der Waals surface area (Å²) in [5.41, 5.74) is 7.38. The molecule has 3 nitrogen and oxygen atoms in total. The van der Waals surface area contributed by atoms with E-state index in [1.165, 1.54) is 0 Å². The average molecular weight is 203 g/mol. The lowest BCUT2D eigenvalue weighted by molar-refractivity contribution is 0.100. The van der Waals surface area contributed by atoms with Crippen molar-refractivity contribution < 1.29 is 9.90 Å². The van der Waals surface area contributed by atoms with Crippen LogP contribution in [0.5, 0.6) is 0 Å². The van der Waals surface area contributed by atoms with E-state index in [2.05, 4.69) is 11.8 Å². The number of rotatable bonds is 2. The van der Waals surface area contributed by atoms with Crippen molar-refractivity contribution in [3.8, 4) is 11.8 Å². The molecule has 0 radical (unpaired) electrons. The smallest absolute Gasteiger partial charge is 0.248 e. The fraction of sp³-hybridized carbons (Fsp3) is 0.250. The quantitative estimate of drug-likeness (QED) is 0.699. The summed E-state index contributed by atoms with van der Waals surface area (Å²) in [6.45, 7) is 1.95. The zero-order valence-corrected chi connectivity index (χ0v) is 8.58. The number of aliphatic hydroxyl groups is 1. The maximum absolute atomic E-state index is 10.9. The van der Waals surface area contributed by atoms with E-state index in [1.54, 1.807) is 12.1 Å². The predicted octanol–water partition coefficient (Wildman–Crippen LogP) is 0.828. The van der Waals surface area contributed by atoms with Gasteiger partial charge in [-0.1, -0.05) is 17.9 Å². The van der Waals surface area contributed by atoms with Gasteiger partial charge in [0.2, 0.25) is 5.91 Å². The molecule has 1 aromatic carbocycles. The monoisotopic (exact) mass is 203 g/mol. The molecular weight excluding hydrogens is 190 g/mol. The average Bonchev–Trinajstić information content (AvgIpc) is 2.20. The van der Waals surface area contributed by atoms with E-state index >= 15 is 0 Å². The third-order valence-electron chi connectivity index (χ3n) is 1.98. The Hall–Kier alpha value is -1.79. The van der Waals surface area contributed by atoms with Crippen LogP contribution in [0.3, 0.4) is 0 Å². The highest BCUT2D eigenvalue weighted by Gasteiger charge is 2.02. The minimum atomic E-state index is -0.458. The van der Waals surface area contributed by atoms with Gasteiger partial charge >= 0.3 is 0 Å². The number of carbonyl (C=O) groups is 1. The van der Waals surface area contributed by atoms with Gasteiger partial charge in [-0.05, 0) is 24.6 Å². The molecule has 0 fully saturated rings. The molecule has 0 spiro atoms. The summed E-state index contributed by atoms with van der Waals surface area (Å²) < 4.78 is 0. The van der Waals surface area contributed by atoms with Gasteiger partial charge < -0.3 is 10.8 Å². The van der Waals surface area contributed by atoms with Crippen LogP contribution in [0.4, 0.5) is 0 Å². The fourth-order valence-electron chi connectivity index (χ4n) is 1.12. The molecular formula is C12H13NO2. The number of benzene rings is 1. The summed E-state index contributed by atoms with van der Waals surface area (Å²) in [4.78, 5) is 10.9. The van der Waals surface area contributed by atoms with E-state index < -0.39 is 5.91 Å². The Labute approximate surface area is 88.9 Å². The number of hydrogen-bond donors (Lipinski definition) is 2. The fourth-order valence-corrected chi connectivity index (χ4v) is 1.12. The van der Waals surface area contributed by atoms with Gasteiger partial charge in [0.25, 0.3) is 0 Å². The lowest BCUT2D eigenvalue weighted by Gasteiger charge is -2.00. The summed E-state index contributed by atoms with van der Waals surface area (Å²) in [6, 6.07) is 5.15. The Kier molecular flexibility index (Phi) is 3.90. The first-order chi connectivity index (χ1) is 7.15. The van der Waals surface area contributed by atoms with Gasteiger partial charge in [0.1, 0.15) is 0 Å². The first-order valence-corrected chi connectivity index (χ1v) is 4.65. The van der Waals surface area contributed by atoms with E-state index in [-0.39, 0.29) is 6.61 Å². The topological polar surface area (TPSA) is 63.3 Å². The van der Waals surface area contributed by atoms with E-state index in [1.807, 2.05) is 13.0 Å². The molecule has 0 aliphatic carbocycles. The minimum Gasteiger partial charge on any atom is -0.395 e. The SMILES string of the molecule is Cc1ccc(C(N)=O)cc1C#CCCO. The number of carbonyl (C=O) groups excluding carboxylic acids is 1. The van der Waals surface area contributed by atoms with Crippen LogP contribution in [0, 0.1) is 18.8 Å². The Morgan fingerprint density at radius 1 is 1.53 bits per heavy atom. The molecule has 1 rings (SSSR count). The maximum atomic E-state index is 10.9. The minimum absolute atomic E-state index is 0.0432. The zero-order chi connectivity index (χ0) is 11.3. The molecule has 0 saturated carbocycles. The Bertz CT molecular complexity index is 427. The van der Waals surface area contributed by atoms with Gasteiger partial charge in [0.05, 0.1) is 6.61 Å². The van der Waals surface area contributed by atoms with Crippen molar-refractivity contribution in [2.75, 3.05) is 6.61 Å². The number of amides is 1. The molecule has 0 aliphatic heterocycles. The zero-order valence-electron chi connectivity index (χ0n) is 8.58. The standard InChI is InChI=1S/C12H13NO2/c1-9-5-6-11(12(13)15)8-10(9)4-2-3-7-14/h5-6,8,14H,3,7H2,1H3,(H2,13,15). The summed E-state index contributed by atoms with van der Waals surface area (Å²) in [5.74, 6) is 5.24. The first-order valence-electron chi connectivity index (χ1n) is 4.65. The largest absolute Gasteiger partial charge is 0.395 e. The van der Waals surface area contributed by atoms with Crippen molar-refractivity contribution in [3.63, 3.8) is 0 Å². The molecule has 0 atom stereocenters. The number of aliphatic hydroxyl groups excluding tert-OH is 1. The van der Waals surface area contributed by atoms with Crippen LogP contribution in [-0.4, -0.2) is 17.6 Å². The lowest BCUT2D eigenvalue weighted by atomic mass is 10.0. The molecule has 78 valence electrons. The van der Waals surface area contributed by atoms with E-state index in [0.717, 1.165) is 11.1 Å². The highest BCUT2D eigenvalue weighted by atomic mass is 16.2. The Balaban J connectivity index is 3.02. The van der Waals surface area contributed by atoms with Crippen LogP contribution in [0.15, 0.2) is 18.2 Å². The van der Waals surface area contributed by atoms with Crippen LogP contribution in [0.2, 0.25) is 0 Å². The van der Waals surface area contributed by atoms with Crippen LogP contribution in [0.25, 0.3) is 0 Å². The van der Waals surface area contributed by atoms with E-state index in [0.29, 0.717) is 12.0 Å². The molecule has 0 unspecified atom stereocenters. The molecule has 1 aromatic rings. The van der Waals surface area contributed by atoms with Crippen LogP contribution >= 0.6 is 0 Å². The van der Waals surface area contributed by atoms with Gasteiger partial charge in [-0.15, -0.1) is 0 Å². The maximum Gasteiger partial charge on any atom is 0.248 e. The van der Waals surface area contributed by atoms with Gasteiger partial charge in [-0.25, -0.2) is 0 Å². The van der Waals surface area contributed by atoms with Crippen LogP contribution in [0.1, 0.15) is 27.9 Å². The summed E-state index contributed by atoms with van der Waals surface area (Å²) in [5, 5.41) is 8.58. The second-order valence-corrected chi connectivity index (χ2v) is 3.17. The normalized spacial score (nSPS) is 9.20. The number of aryl methyl sites for hydroxylation is 1. The summed E-state index contributed by atoms with van der Waals surface area (Å²) in [6.07, 6.45) is 0.431. The first kappa shape index (κ1) is 11.3. The van der Waals surface area contributed by atoms with E-state index in [9.17, 15) is 4.79 Å². The Morgan fingerprint density at radius 3 is 2.87 bits per heavy atom. The summed E-state index contributed by atoms with van der Waals surface area (Å²) >= 11 is 0. The molecule has 0 aromatic heterocycles. The molecule has 15 heavy (non-hydrogen) atoms. The number of hydrogen-bond acceptors (Lipinski definition) is 2. The lowest BCUT2D eigenvalue weighted by Crippen LogP contribution is -2.11. The third kappa shape index (κ3) is 3.12. The summed E-state index contributed by atoms with van der Waals surface area (Å²) in [7, 11) is 0. The molecule has 0 bridgehead atoms. The Morgan fingerprint density at radius 2 is 2.27 bits per heavy atom. The molecule has 0 heterocycles. The molecule has 3 heteroatoms. The highest BCUT2D eigenvalue weighted by Crippen LogP contribution is 2.09. The molecule has 3 N–H and O–H groups in total. The van der Waals surface area contributed by atoms with Crippen molar-refractivity contribution in [1.82, 2.24) is 0 Å². The molecule has 0 saturated heterocycles. The van der Waals surface area contributed by atoms with Gasteiger partial charge in [-0.3, -0.25) is 4.79 Å². The van der Waals surface area contributed by atoms with Crippen molar-refractivity contribution in [1.29, 1.82) is 0 Å². The predicted molar refractivity (Wildman–Crippen MR) is 58.3 cm³/mol. The highest BCUT2D eigenvalue weighted by molar-refractivity contribution is 5.93. The molecule has 1 amide bonds. The van der Waals surface area contributed by atoms with Crippen molar-refractivity contribution >= 4 is 5.91 Å². The van der Waals surface area contributed by atoms with Crippen molar-refractivity contribution in [3.05, 3.63) is 34.9 Å². The second-order valence-electron chi connectivity index (χ2n) is 3.17. The van der Waals surface area contributed by atoms with Gasteiger partial charge in [0, 0.05) is 17.5 Å². The van der Waals surface area contributed by atoms with Crippen LogP contribution < -0.4 is 5.73 Å². The number of primary amides is 1. The third-order valence-corrected chi connectivity index (χ3v) is 1.98. The molecule has 0 aliphatic rings. The van der Waals surface area contributed by atoms with Crippen LogP contribution in [-0.2, 0) is 0 Å². The second kappa shape index (κ2) is 5.18. The van der Waals surface area contributed by atoms with Crippen molar-refractivity contribution in [2.45, 2.75) is 13.3 Å². The van der Waals surface area contributed by atoms with Crippen molar-refractivity contribution in [2.24, 2.45) is 5.73 Å². The number of nitrogens with two attached hydrogens (primary N) is 1. The van der Waals surface area contributed by atoms with Gasteiger partial charge in [0.15, 0.2) is 0 Å².